The highest BCUT2D eigenvalue weighted by Gasteiger charge is 2.49. The van der Waals surface area contributed by atoms with E-state index in [1.54, 1.807) is 24.5 Å². The number of nitrogens with two attached hydrogens (primary N) is 1. The second-order valence-corrected chi connectivity index (χ2v) is 9.84. The van der Waals surface area contributed by atoms with Crippen molar-refractivity contribution in [2.75, 3.05) is 26.8 Å². The van der Waals surface area contributed by atoms with E-state index in [1.165, 1.54) is 0 Å². The van der Waals surface area contributed by atoms with Crippen molar-refractivity contribution < 1.29 is 19.1 Å². The van der Waals surface area contributed by atoms with Gasteiger partial charge in [0.1, 0.15) is 17.4 Å². The minimum absolute atomic E-state index is 0.162. The third-order valence-electron chi connectivity index (χ3n) is 6.96. The number of nitrogens with zero attached hydrogens (tertiary/aromatic N) is 2. The number of aromatic nitrogens is 2. The lowest BCUT2D eigenvalue weighted by Gasteiger charge is -2.51. The second-order valence-electron chi connectivity index (χ2n) is 9.84. The van der Waals surface area contributed by atoms with Gasteiger partial charge < -0.3 is 30.4 Å². The smallest absolute Gasteiger partial charge is 0.245 e. The first-order valence-corrected chi connectivity index (χ1v) is 13.0. The van der Waals surface area contributed by atoms with Crippen molar-refractivity contribution in [3.05, 3.63) is 83.4 Å². The molecule has 202 valence electrons. The molecule has 2 aromatic carbocycles. The summed E-state index contributed by atoms with van der Waals surface area (Å²) >= 11 is 0. The van der Waals surface area contributed by atoms with Crippen molar-refractivity contribution in [3.8, 4) is 5.75 Å². The molecule has 0 saturated carbocycles. The van der Waals surface area contributed by atoms with Gasteiger partial charge in [0.2, 0.25) is 11.8 Å². The summed E-state index contributed by atoms with van der Waals surface area (Å²) in [6.45, 7) is 5.57. The molecule has 1 aliphatic rings. The summed E-state index contributed by atoms with van der Waals surface area (Å²) in [4.78, 5) is 35.6. The maximum Gasteiger partial charge on any atom is 0.245 e. The summed E-state index contributed by atoms with van der Waals surface area (Å²) in [6.07, 6.45) is 4.72. The SMILES string of the molecule is CCCOC1(c2ccccc2C)CN(C(=O)C(Cc2ccc(OC)cc2)NC(=O)C(N)Cc2c[nH]cn2)C1. The number of methoxy groups -OCH3 is 1. The Morgan fingerprint density at radius 3 is 2.53 bits per heavy atom. The minimum atomic E-state index is -0.834. The lowest BCUT2D eigenvalue weighted by Crippen LogP contribution is -2.66. The molecule has 4 rings (SSSR count). The number of rotatable bonds is 12. The molecule has 1 aliphatic heterocycles. The van der Waals surface area contributed by atoms with Crippen LogP contribution in [-0.4, -0.2) is 65.6 Å². The molecule has 2 atom stereocenters. The molecule has 2 unspecified atom stereocenters. The van der Waals surface area contributed by atoms with Gasteiger partial charge >= 0.3 is 0 Å². The lowest BCUT2D eigenvalue weighted by molar-refractivity contribution is -0.175. The van der Waals surface area contributed by atoms with E-state index >= 15 is 0 Å². The molecule has 2 heterocycles. The molecular weight excluding hydrogens is 482 g/mol. The summed E-state index contributed by atoms with van der Waals surface area (Å²) in [7, 11) is 1.60. The van der Waals surface area contributed by atoms with E-state index in [4.69, 9.17) is 15.2 Å². The fourth-order valence-corrected chi connectivity index (χ4v) is 4.86. The van der Waals surface area contributed by atoms with Crippen molar-refractivity contribution in [2.45, 2.75) is 50.8 Å². The standard InChI is InChI=1S/C29H37N5O4/c1-4-13-38-29(24-8-6-5-7-20(24)2)17-34(18-29)28(36)26(14-21-9-11-23(37-3)12-10-21)33-27(35)25(30)15-22-16-31-19-32-22/h5-12,16,19,25-26H,4,13-15,17-18,30H2,1-3H3,(H,31,32)(H,33,35). The number of ether oxygens (including phenoxy) is 2. The predicted molar refractivity (Wildman–Crippen MR) is 145 cm³/mol. The number of aromatic amines is 1. The molecular formula is C29H37N5O4. The van der Waals surface area contributed by atoms with E-state index in [2.05, 4.69) is 41.3 Å². The summed E-state index contributed by atoms with van der Waals surface area (Å²) in [6, 6.07) is 14.0. The Kier molecular flexibility index (Phi) is 8.81. The molecule has 9 heteroatoms. The molecule has 3 aromatic rings. The van der Waals surface area contributed by atoms with Gasteiger partial charge in [0.25, 0.3) is 0 Å². The number of imidazole rings is 1. The molecule has 38 heavy (non-hydrogen) atoms. The highest BCUT2D eigenvalue weighted by Crippen LogP contribution is 2.38. The van der Waals surface area contributed by atoms with E-state index in [1.807, 2.05) is 36.4 Å². The van der Waals surface area contributed by atoms with Crippen LogP contribution in [0.4, 0.5) is 0 Å². The average Bonchev–Trinajstić information content (AvgIpc) is 3.41. The van der Waals surface area contributed by atoms with E-state index < -0.39 is 23.6 Å². The van der Waals surface area contributed by atoms with Crippen LogP contribution in [0.5, 0.6) is 5.75 Å². The first kappa shape index (κ1) is 27.3. The minimum Gasteiger partial charge on any atom is -0.497 e. The van der Waals surface area contributed by atoms with Gasteiger partial charge in [-0.05, 0) is 42.2 Å². The van der Waals surface area contributed by atoms with Gasteiger partial charge in [-0.3, -0.25) is 9.59 Å². The third-order valence-corrected chi connectivity index (χ3v) is 6.96. The second kappa shape index (κ2) is 12.2. The van der Waals surface area contributed by atoms with Gasteiger partial charge in [0.15, 0.2) is 0 Å². The highest BCUT2D eigenvalue weighted by molar-refractivity contribution is 5.90. The van der Waals surface area contributed by atoms with Crippen LogP contribution < -0.4 is 15.8 Å². The van der Waals surface area contributed by atoms with Crippen LogP contribution in [0.2, 0.25) is 0 Å². The molecule has 1 aromatic heterocycles. The van der Waals surface area contributed by atoms with Crippen LogP contribution in [0.1, 0.15) is 35.7 Å². The first-order valence-electron chi connectivity index (χ1n) is 13.0. The van der Waals surface area contributed by atoms with Gasteiger partial charge in [-0.15, -0.1) is 0 Å². The zero-order valence-corrected chi connectivity index (χ0v) is 22.3. The van der Waals surface area contributed by atoms with Crippen LogP contribution in [0.25, 0.3) is 0 Å². The molecule has 9 nitrogen and oxygen atoms in total. The van der Waals surface area contributed by atoms with Crippen molar-refractivity contribution >= 4 is 11.8 Å². The predicted octanol–water partition coefficient (Wildman–Crippen LogP) is 2.49. The molecule has 2 amide bonds. The number of amides is 2. The Hall–Kier alpha value is -3.69. The summed E-state index contributed by atoms with van der Waals surface area (Å²) in [5.74, 6) is 0.166. The van der Waals surface area contributed by atoms with Gasteiger partial charge in [-0.2, -0.15) is 0 Å². The monoisotopic (exact) mass is 519 g/mol. The van der Waals surface area contributed by atoms with Crippen molar-refractivity contribution in [3.63, 3.8) is 0 Å². The summed E-state index contributed by atoms with van der Waals surface area (Å²) < 4.78 is 11.6. The molecule has 4 N–H and O–H groups in total. The fraction of sp³-hybridized carbons (Fsp3) is 0.414. The normalized spacial score (nSPS) is 15.8. The van der Waals surface area contributed by atoms with Crippen LogP contribution in [0, 0.1) is 6.92 Å². The van der Waals surface area contributed by atoms with E-state index in [-0.39, 0.29) is 12.3 Å². The Balaban J connectivity index is 1.51. The van der Waals surface area contributed by atoms with Crippen molar-refractivity contribution in [2.24, 2.45) is 5.73 Å². The van der Waals surface area contributed by atoms with E-state index in [9.17, 15) is 9.59 Å². The number of carbonyl (C=O) groups excluding carboxylic acids is 2. The van der Waals surface area contributed by atoms with Gasteiger partial charge in [0, 0.05) is 25.6 Å². The number of carbonyl (C=O) groups is 2. The topological polar surface area (TPSA) is 123 Å². The quantitative estimate of drug-likeness (QED) is 0.338. The van der Waals surface area contributed by atoms with E-state index in [0.717, 1.165) is 28.9 Å². The zero-order valence-electron chi connectivity index (χ0n) is 22.3. The van der Waals surface area contributed by atoms with Gasteiger partial charge in [0.05, 0.1) is 38.3 Å². The Morgan fingerprint density at radius 2 is 1.89 bits per heavy atom. The molecule has 1 fully saturated rings. The first-order chi connectivity index (χ1) is 18.3. The number of hydrogen-bond acceptors (Lipinski definition) is 6. The van der Waals surface area contributed by atoms with Crippen molar-refractivity contribution in [1.29, 1.82) is 0 Å². The Morgan fingerprint density at radius 1 is 1.16 bits per heavy atom. The fourth-order valence-electron chi connectivity index (χ4n) is 4.86. The summed E-state index contributed by atoms with van der Waals surface area (Å²) in [5, 5.41) is 2.91. The Labute approximate surface area is 223 Å². The van der Waals surface area contributed by atoms with Crippen LogP contribution >= 0.6 is 0 Å². The zero-order chi connectivity index (χ0) is 27.1. The van der Waals surface area contributed by atoms with Gasteiger partial charge in [-0.25, -0.2) is 4.98 Å². The highest BCUT2D eigenvalue weighted by atomic mass is 16.5. The molecule has 0 aliphatic carbocycles. The maximum atomic E-state index is 13.8. The number of benzene rings is 2. The summed E-state index contributed by atoms with van der Waals surface area (Å²) in [5.41, 5.74) is 9.43. The van der Waals surface area contributed by atoms with E-state index in [0.29, 0.717) is 31.8 Å². The Bertz CT molecular complexity index is 1210. The average molecular weight is 520 g/mol. The number of hydrogen-bond donors (Lipinski definition) is 3. The van der Waals surface area contributed by atoms with Crippen molar-refractivity contribution in [1.82, 2.24) is 20.2 Å². The number of H-pyrrole nitrogens is 1. The number of likely N-dealkylation sites (tertiary alicyclic amines) is 1. The third kappa shape index (κ3) is 6.23. The maximum absolute atomic E-state index is 13.8. The number of aryl methyl sites for hydroxylation is 1. The molecule has 0 radical (unpaired) electrons. The van der Waals surface area contributed by atoms with Crippen LogP contribution in [0.3, 0.4) is 0 Å². The molecule has 0 bridgehead atoms. The molecule has 0 spiro atoms. The van der Waals surface area contributed by atoms with Crippen LogP contribution in [-0.2, 0) is 32.8 Å². The lowest BCUT2D eigenvalue weighted by atomic mass is 9.82. The number of nitrogens with one attached hydrogen (secondary N) is 2. The van der Waals surface area contributed by atoms with Crippen LogP contribution in [0.15, 0.2) is 61.1 Å². The van der Waals surface area contributed by atoms with Gasteiger partial charge in [-0.1, -0.05) is 43.3 Å². The largest absolute Gasteiger partial charge is 0.497 e. The molecule has 1 saturated heterocycles.